The molecule has 1 unspecified atom stereocenters. The highest BCUT2D eigenvalue weighted by atomic mass is 16.6. The number of nitrogens with zero attached hydrogens (tertiary/aromatic N) is 1. The smallest absolute Gasteiger partial charge is 0.410 e. The fraction of sp³-hybridized carbons (Fsp3) is 0.500. The monoisotopic (exact) mass is 403 g/mol. The maximum atomic E-state index is 12.4. The van der Waals surface area contributed by atoms with E-state index in [1.54, 1.807) is 25.7 Å². The van der Waals surface area contributed by atoms with Gasteiger partial charge in [-0.05, 0) is 44.7 Å². The number of hydrogen-bond donors (Lipinski definition) is 0. The Hall–Kier alpha value is -2.83. The van der Waals surface area contributed by atoms with Crippen molar-refractivity contribution in [2.24, 2.45) is 5.92 Å². The molecule has 7 heteroatoms. The minimum Gasteiger partial charge on any atom is -0.469 e. The Morgan fingerprint density at radius 2 is 1.83 bits per heavy atom. The lowest BCUT2D eigenvalue weighted by molar-refractivity contribution is -0.144. The van der Waals surface area contributed by atoms with E-state index in [9.17, 15) is 14.4 Å². The van der Waals surface area contributed by atoms with Crippen LogP contribution in [-0.4, -0.2) is 48.7 Å². The Balaban J connectivity index is 2.08. The molecule has 0 spiro atoms. The van der Waals surface area contributed by atoms with Gasteiger partial charge in [-0.1, -0.05) is 30.3 Å². The summed E-state index contributed by atoms with van der Waals surface area (Å²) in [5, 5.41) is 0. The van der Waals surface area contributed by atoms with E-state index >= 15 is 0 Å². The van der Waals surface area contributed by atoms with Gasteiger partial charge in [0.15, 0.2) is 0 Å². The second kappa shape index (κ2) is 10.1. The van der Waals surface area contributed by atoms with Crippen LogP contribution < -0.4 is 0 Å². The predicted octanol–water partition coefficient (Wildman–Crippen LogP) is 3.48. The lowest BCUT2D eigenvalue weighted by Crippen LogP contribution is -2.37. The summed E-state index contributed by atoms with van der Waals surface area (Å²) in [6, 6.07) is 9.34. The van der Waals surface area contributed by atoms with Crippen molar-refractivity contribution in [2.45, 2.75) is 45.8 Å². The molecule has 0 bridgehead atoms. The average Bonchev–Trinajstić information content (AvgIpc) is 2.88. The Bertz CT molecular complexity index is 750. The number of hydrogen-bond acceptors (Lipinski definition) is 6. The van der Waals surface area contributed by atoms with Crippen LogP contribution in [0.4, 0.5) is 4.79 Å². The lowest BCUT2D eigenvalue weighted by Gasteiger charge is -2.26. The topological polar surface area (TPSA) is 82.1 Å². The summed E-state index contributed by atoms with van der Waals surface area (Å²) >= 11 is 0. The van der Waals surface area contributed by atoms with E-state index in [1.807, 2.05) is 30.3 Å². The highest BCUT2D eigenvalue weighted by molar-refractivity contribution is 5.85. The molecule has 0 N–H and O–H groups in total. The molecule has 1 atom stereocenters. The predicted molar refractivity (Wildman–Crippen MR) is 107 cm³/mol. The van der Waals surface area contributed by atoms with Gasteiger partial charge in [0.1, 0.15) is 12.2 Å². The zero-order valence-corrected chi connectivity index (χ0v) is 17.5. The van der Waals surface area contributed by atoms with Crippen molar-refractivity contribution in [3.8, 4) is 0 Å². The van der Waals surface area contributed by atoms with E-state index in [0.717, 1.165) is 5.56 Å². The number of esters is 2. The van der Waals surface area contributed by atoms with Gasteiger partial charge in [0, 0.05) is 19.2 Å². The first-order chi connectivity index (χ1) is 13.7. The zero-order chi connectivity index (χ0) is 21.4. The minimum atomic E-state index is -0.606. The first kappa shape index (κ1) is 22.5. The van der Waals surface area contributed by atoms with Crippen molar-refractivity contribution >= 4 is 18.0 Å². The zero-order valence-electron chi connectivity index (χ0n) is 17.5. The van der Waals surface area contributed by atoms with Gasteiger partial charge in [-0.25, -0.2) is 9.59 Å². The van der Waals surface area contributed by atoms with E-state index in [4.69, 9.17) is 14.2 Å². The maximum Gasteiger partial charge on any atom is 0.410 e. The molecule has 158 valence electrons. The van der Waals surface area contributed by atoms with E-state index in [0.29, 0.717) is 31.5 Å². The largest absolute Gasteiger partial charge is 0.469 e. The number of rotatable bonds is 4. The van der Waals surface area contributed by atoms with E-state index in [2.05, 4.69) is 0 Å². The van der Waals surface area contributed by atoms with Gasteiger partial charge in [-0.15, -0.1) is 0 Å². The first-order valence-corrected chi connectivity index (χ1v) is 9.66. The van der Waals surface area contributed by atoms with Crippen molar-refractivity contribution in [3.63, 3.8) is 0 Å². The standard InChI is InChI=1S/C22H29NO6/c1-22(2,3)29-21(26)23-12-10-17(18(11-13-23)20(25)27-4)14-19(24)28-15-16-8-6-5-7-9-16/h5-9,14,18H,10-13,15H2,1-4H3/b17-14-. The molecular formula is C22H29NO6. The molecule has 29 heavy (non-hydrogen) atoms. The van der Waals surface area contributed by atoms with Gasteiger partial charge < -0.3 is 19.1 Å². The molecule has 1 aromatic carbocycles. The third-order valence-corrected chi connectivity index (χ3v) is 4.47. The molecule has 1 aliphatic heterocycles. The number of ether oxygens (including phenoxy) is 3. The molecule has 2 rings (SSSR count). The van der Waals surface area contributed by atoms with Gasteiger partial charge >= 0.3 is 18.0 Å². The molecule has 0 aromatic heterocycles. The Morgan fingerprint density at radius 1 is 1.14 bits per heavy atom. The van der Waals surface area contributed by atoms with Crippen molar-refractivity contribution in [1.29, 1.82) is 0 Å². The number of carbonyl (C=O) groups is 3. The molecule has 1 saturated heterocycles. The van der Waals surface area contributed by atoms with Crippen LogP contribution in [0.1, 0.15) is 39.2 Å². The molecule has 1 heterocycles. The summed E-state index contributed by atoms with van der Waals surface area (Å²) in [4.78, 5) is 38.5. The van der Waals surface area contributed by atoms with Crippen LogP contribution in [-0.2, 0) is 30.4 Å². The number of likely N-dealkylation sites (tertiary alicyclic amines) is 1. The van der Waals surface area contributed by atoms with Gasteiger partial charge in [-0.3, -0.25) is 4.79 Å². The molecule has 0 radical (unpaired) electrons. The molecule has 7 nitrogen and oxygen atoms in total. The van der Waals surface area contributed by atoms with Crippen LogP contribution >= 0.6 is 0 Å². The van der Waals surface area contributed by atoms with E-state index in [1.165, 1.54) is 13.2 Å². The molecule has 0 aliphatic carbocycles. The number of carbonyl (C=O) groups excluding carboxylic acids is 3. The lowest BCUT2D eigenvalue weighted by atomic mass is 9.94. The number of amides is 1. The van der Waals surface area contributed by atoms with Crippen LogP contribution in [0.15, 0.2) is 42.0 Å². The van der Waals surface area contributed by atoms with Crippen LogP contribution in [0.2, 0.25) is 0 Å². The fourth-order valence-corrected chi connectivity index (χ4v) is 3.04. The van der Waals surface area contributed by atoms with E-state index < -0.39 is 29.6 Å². The van der Waals surface area contributed by atoms with Crippen molar-refractivity contribution in [1.82, 2.24) is 4.90 Å². The third-order valence-electron chi connectivity index (χ3n) is 4.47. The van der Waals surface area contributed by atoms with Crippen LogP contribution in [0.3, 0.4) is 0 Å². The van der Waals surface area contributed by atoms with Gasteiger partial charge in [-0.2, -0.15) is 0 Å². The summed E-state index contributed by atoms with van der Waals surface area (Å²) in [6.07, 6.45) is 1.63. The normalized spacial score (nSPS) is 18.7. The van der Waals surface area contributed by atoms with Gasteiger partial charge in [0.05, 0.1) is 13.0 Å². The number of methoxy groups -OCH3 is 1. The van der Waals surface area contributed by atoms with E-state index in [-0.39, 0.29) is 6.61 Å². The SMILES string of the molecule is COC(=O)C1CCN(C(=O)OC(C)(C)C)CC/C1=C/C(=O)OCc1ccccc1. The first-order valence-electron chi connectivity index (χ1n) is 9.66. The van der Waals surface area contributed by atoms with Gasteiger partial charge in [0.25, 0.3) is 0 Å². The van der Waals surface area contributed by atoms with Crippen LogP contribution in [0, 0.1) is 5.92 Å². The molecule has 1 aromatic rings. The summed E-state index contributed by atoms with van der Waals surface area (Å²) < 4.78 is 15.6. The summed E-state index contributed by atoms with van der Waals surface area (Å²) in [6.45, 7) is 6.23. The molecule has 1 fully saturated rings. The molecule has 0 saturated carbocycles. The second-order valence-corrected chi connectivity index (χ2v) is 7.89. The Kier molecular flexibility index (Phi) is 7.82. The number of benzene rings is 1. The molecule has 1 amide bonds. The van der Waals surface area contributed by atoms with Crippen LogP contribution in [0.25, 0.3) is 0 Å². The highest BCUT2D eigenvalue weighted by Crippen LogP contribution is 2.26. The Labute approximate surface area is 171 Å². The summed E-state index contributed by atoms with van der Waals surface area (Å²) in [5.74, 6) is -1.56. The second-order valence-electron chi connectivity index (χ2n) is 7.89. The van der Waals surface area contributed by atoms with Crippen LogP contribution in [0.5, 0.6) is 0 Å². The van der Waals surface area contributed by atoms with Crippen molar-refractivity contribution in [2.75, 3.05) is 20.2 Å². The average molecular weight is 403 g/mol. The minimum absolute atomic E-state index is 0.149. The van der Waals surface area contributed by atoms with Gasteiger partial charge in [0.2, 0.25) is 0 Å². The molecular weight excluding hydrogens is 374 g/mol. The highest BCUT2D eigenvalue weighted by Gasteiger charge is 2.31. The van der Waals surface area contributed by atoms with Crippen molar-refractivity contribution in [3.05, 3.63) is 47.5 Å². The third kappa shape index (κ3) is 7.25. The maximum absolute atomic E-state index is 12.4. The Morgan fingerprint density at radius 3 is 2.45 bits per heavy atom. The quantitative estimate of drug-likeness (QED) is 0.435. The summed E-state index contributed by atoms with van der Waals surface area (Å²) in [5.41, 5.74) is 0.868. The molecule has 1 aliphatic rings. The summed E-state index contributed by atoms with van der Waals surface area (Å²) in [7, 11) is 1.31. The van der Waals surface area contributed by atoms with Crippen molar-refractivity contribution < 1.29 is 28.6 Å². The fourth-order valence-electron chi connectivity index (χ4n) is 3.04.